The third kappa shape index (κ3) is 5.24. The molecular formula is C22H18ClN5O3S2. The van der Waals surface area contributed by atoms with E-state index in [0.29, 0.717) is 21.4 Å². The number of esters is 1. The van der Waals surface area contributed by atoms with Crippen LogP contribution in [0.5, 0.6) is 0 Å². The van der Waals surface area contributed by atoms with Gasteiger partial charge in [0.05, 0.1) is 11.3 Å². The number of thioether (sulfide) groups is 1. The van der Waals surface area contributed by atoms with Gasteiger partial charge in [0.2, 0.25) is 0 Å². The highest BCUT2D eigenvalue weighted by Crippen LogP contribution is 2.30. The summed E-state index contributed by atoms with van der Waals surface area (Å²) in [6.45, 7) is 1.43. The second-order valence-corrected chi connectivity index (χ2v) is 8.80. The summed E-state index contributed by atoms with van der Waals surface area (Å²) in [5.41, 5.74) is 2.59. The number of halogens is 1. The lowest BCUT2D eigenvalue weighted by Gasteiger charge is -2.08. The third-order valence-electron chi connectivity index (χ3n) is 4.57. The van der Waals surface area contributed by atoms with Crippen molar-refractivity contribution < 1.29 is 14.3 Å². The van der Waals surface area contributed by atoms with E-state index in [1.807, 2.05) is 35.9 Å². The molecule has 0 aliphatic heterocycles. The van der Waals surface area contributed by atoms with Gasteiger partial charge in [0, 0.05) is 21.7 Å². The molecule has 0 radical (unpaired) electrons. The Bertz CT molecular complexity index is 1300. The van der Waals surface area contributed by atoms with E-state index in [4.69, 9.17) is 16.3 Å². The van der Waals surface area contributed by atoms with Gasteiger partial charge in [-0.15, -0.1) is 21.5 Å². The average Bonchev–Trinajstić information content (AvgIpc) is 3.44. The zero-order valence-electron chi connectivity index (χ0n) is 17.6. The fraction of sp³-hybridized carbons (Fsp3) is 0.136. The van der Waals surface area contributed by atoms with Crippen molar-refractivity contribution in [1.29, 1.82) is 0 Å². The summed E-state index contributed by atoms with van der Waals surface area (Å²) in [6, 6.07) is 14.1. The summed E-state index contributed by atoms with van der Waals surface area (Å²) in [7, 11) is 0. The number of nitrogens with zero attached hydrogens (tertiary/aromatic N) is 4. The fourth-order valence-electron chi connectivity index (χ4n) is 3.01. The first kappa shape index (κ1) is 23.0. The van der Waals surface area contributed by atoms with Crippen LogP contribution in [0.15, 0.2) is 59.1 Å². The fourth-order valence-corrected chi connectivity index (χ4v) is 4.51. The summed E-state index contributed by atoms with van der Waals surface area (Å²) in [6.07, 6.45) is 1.92. The zero-order valence-corrected chi connectivity index (χ0v) is 20.0. The van der Waals surface area contributed by atoms with Gasteiger partial charge in [-0.05, 0) is 43.5 Å². The molecule has 0 fully saturated rings. The van der Waals surface area contributed by atoms with Crippen molar-refractivity contribution in [2.45, 2.75) is 12.1 Å². The minimum absolute atomic E-state index is 0.332. The number of ether oxygens (including phenoxy) is 1. The van der Waals surface area contributed by atoms with E-state index in [1.165, 1.54) is 23.1 Å². The second kappa shape index (κ2) is 10.2. The number of amides is 1. The van der Waals surface area contributed by atoms with Gasteiger partial charge in [-0.25, -0.2) is 9.78 Å². The Labute approximate surface area is 203 Å². The van der Waals surface area contributed by atoms with Gasteiger partial charge in [-0.2, -0.15) is 0 Å². The average molecular weight is 500 g/mol. The maximum Gasteiger partial charge on any atom is 0.338 e. The first-order chi connectivity index (χ1) is 16.0. The molecule has 0 unspecified atom stereocenters. The highest BCUT2D eigenvalue weighted by atomic mass is 35.5. The molecule has 4 rings (SSSR count). The Morgan fingerprint density at radius 1 is 1.15 bits per heavy atom. The Kier molecular flexibility index (Phi) is 7.07. The number of nitrogens with one attached hydrogen (secondary N) is 1. The third-order valence-corrected chi connectivity index (χ3v) is 6.29. The first-order valence-corrected chi connectivity index (χ1v) is 12.2. The van der Waals surface area contributed by atoms with Crippen molar-refractivity contribution in [3.8, 4) is 16.9 Å². The topological polar surface area (TPSA) is 99.0 Å². The Hall–Kier alpha value is -3.21. The lowest BCUT2D eigenvalue weighted by Crippen LogP contribution is -2.20. The van der Waals surface area contributed by atoms with Gasteiger partial charge >= 0.3 is 5.97 Å². The van der Waals surface area contributed by atoms with E-state index in [0.717, 1.165) is 22.2 Å². The van der Waals surface area contributed by atoms with Gasteiger partial charge in [0.1, 0.15) is 5.82 Å². The molecule has 168 valence electrons. The molecule has 4 aromatic rings. The molecule has 0 saturated carbocycles. The molecule has 0 spiro atoms. The monoisotopic (exact) mass is 499 g/mol. The van der Waals surface area contributed by atoms with E-state index in [-0.39, 0.29) is 0 Å². The van der Waals surface area contributed by atoms with Crippen molar-refractivity contribution in [3.63, 3.8) is 0 Å². The van der Waals surface area contributed by atoms with Crippen LogP contribution in [0, 0.1) is 6.92 Å². The number of anilines is 1. The van der Waals surface area contributed by atoms with Crippen LogP contribution in [-0.2, 0) is 9.53 Å². The van der Waals surface area contributed by atoms with E-state index in [2.05, 4.69) is 20.5 Å². The van der Waals surface area contributed by atoms with Crippen LogP contribution in [0.2, 0.25) is 5.02 Å². The van der Waals surface area contributed by atoms with E-state index >= 15 is 0 Å². The van der Waals surface area contributed by atoms with E-state index in [1.54, 1.807) is 35.7 Å². The maximum absolute atomic E-state index is 12.4. The predicted octanol–water partition coefficient (Wildman–Crippen LogP) is 4.87. The number of rotatable bonds is 7. The number of hydrogen-bond acceptors (Lipinski definition) is 8. The summed E-state index contributed by atoms with van der Waals surface area (Å²) >= 11 is 8.93. The number of carbonyl (C=O) groups excluding carboxylic acids is 2. The molecule has 2 heterocycles. The molecular weight excluding hydrogens is 482 g/mol. The van der Waals surface area contributed by atoms with Crippen LogP contribution in [0.25, 0.3) is 16.9 Å². The molecule has 1 N–H and O–H groups in total. The molecule has 0 saturated heterocycles. The predicted molar refractivity (Wildman–Crippen MR) is 129 cm³/mol. The molecule has 11 heteroatoms. The van der Waals surface area contributed by atoms with E-state index < -0.39 is 18.5 Å². The van der Waals surface area contributed by atoms with Crippen molar-refractivity contribution in [1.82, 2.24) is 19.7 Å². The molecule has 0 atom stereocenters. The lowest BCUT2D eigenvalue weighted by atomic mass is 10.2. The van der Waals surface area contributed by atoms with E-state index in [9.17, 15) is 9.59 Å². The minimum Gasteiger partial charge on any atom is -0.452 e. The van der Waals surface area contributed by atoms with Gasteiger partial charge in [0.15, 0.2) is 16.9 Å². The van der Waals surface area contributed by atoms with Crippen LogP contribution in [0.1, 0.15) is 16.2 Å². The number of carbonyl (C=O) groups is 2. The SMILES string of the molecule is CSc1nnc(C)n1-c1ccc(C(=O)OCC(=O)Nc2nc(-c3ccccc3Cl)cs2)cc1. The second-order valence-electron chi connectivity index (χ2n) is 6.76. The zero-order chi connectivity index (χ0) is 23.4. The summed E-state index contributed by atoms with van der Waals surface area (Å²) < 4.78 is 7.03. The summed E-state index contributed by atoms with van der Waals surface area (Å²) in [5, 5.41) is 14.3. The smallest absolute Gasteiger partial charge is 0.338 e. The van der Waals surface area contributed by atoms with Gasteiger partial charge in [0.25, 0.3) is 5.91 Å². The lowest BCUT2D eigenvalue weighted by molar-refractivity contribution is -0.119. The van der Waals surface area contributed by atoms with Gasteiger partial charge in [-0.1, -0.05) is 41.6 Å². The van der Waals surface area contributed by atoms with Gasteiger partial charge < -0.3 is 4.74 Å². The molecule has 0 aliphatic rings. The Morgan fingerprint density at radius 2 is 1.91 bits per heavy atom. The van der Waals surface area contributed by atoms with Crippen LogP contribution in [-0.4, -0.2) is 44.5 Å². The number of thiazole rings is 1. The van der Waals surface area contributed by atoms with Crippen molar-refractivity contribution in [2.24, 2.45) is 0 Å². The Morgan fingerprint density at radius 3 is 2.64 bits per heavy atom. The first-order valence-electron chi connectivity index (χ1n) is 9.70. The molecule has 8 nitrogen and oxygen atoms in total. The molecule has 0 aliphatic carbocycles. The molecule has 1 amide bonds. The van der Waals surface area contributed by atoms with Crippen LogP contribution < -0.4 is 5.32 Å². The quantitative estimate of drug-likeness (QED) is 0.286. The molecule has 2 aromatic carbocycles. The molecule has 2 aromatic heterocycles. The van der Waals surface area contributed by atoms with Crippen LogP contribution in [0.3, 0.4) is 0 Å². The van der Waals surface area contributed by atoms with Gasteiger partial charge in [-0.3, -0.25) is 14.7 Å². The summed E-state index contributed by atoms with van der Waals surface area (Å²) in [4.78, 5) is 28.9. The van der Waals surface area contributed by atoms with Crippen molar-refractivity contribution in [3.05, 3.63) is 70.3 Å². The minimum atomic E-state index is -0.599. The highest BCUT2D eigenvalue weighted by Gasteiger charge is 2.15. The molecule has 33 heavy (non-hydrogen) atoms. The highest BCUT2D eigenvalue weighted by molar-refractivity contribution is 7.98. The summed E-state index contributed by atoms with van der Waals surface area (Å²) in [5.74, 6) is -0.339. The number of aromatic nitrogens is 4. The normalized spacial score (nSPS) is 10.8. The van der Waals surface area contributed by atoms with Crippen molar-refractivity contribution >= 4 is 51.7 Å². The van der Waals surface area contributed by atoms with Crippen molar-refractivity contribution in [2.75, 3.05) is 18.2 Å². The maximum atomic E-state index is 12.4. The molecule has 0 bridgehead atoms. The number of benzene rings is 2. The number of aryl methyl sites for hydroxylation is 1. The standard InChI is InChI=1S/C22H18ClN5O3S2/c1-13-26-27-22(32-2)28(13)15-9-7-14(8-10-15)20(30)31-11-19(29)25-21-24-18(12-33-21)16-5-3-4-6-17(16)23/h3-10,12H,11H2,1-2H3,(H,24,25,29). The largest absolute Gasteiger partial charge is 0.452 e. The number of hydrogen-bond donors (Lipinski definition) is 1. The van der Waals surface area contributed by atoms with Crippen LogP contribution in [0.4, 0.5) is 5.13 Å². The van der Waals surface area contributed by atoms with Crippen LogP contribution >= 0.6 is 34.7 Å². The Balaban J connectivity index is 1.34.